The van der Waals surface area contributed by atoms with Crippen molar-refractivity contribution in [3.8, 4) is 5.88 Å². The van der Waals surface area contributed by atoms with Crippen LogP contribution in [0.5, 0.6) is 5.88 Å². The molecular weight excluding hydrogens is 389 g/mol. The Balaban J connectivity index is 1.84. The van der Waals surface area contributed by atoms with E-state index in [1.807, 2.05) is 16.3 Å². The lowest BCUT2D eigenvalue weighted by molar-refractivity contribution is 0.406. The minimum absolute atomic E-state index is 0.162. The van der Waals surface area contributed by atoms with E-state index in [0.29, 0.717) is 27.5 Å². The van der Waals surface area contributed by atoms with E-state index < -0.39 is 0 Å². The average molecular weight is 406 g/mol. The number of hydrogen-bond acceptors (Lipinski definition) is 4. The molecule has 4 rings (SSSR count). The van der Waals surface area contributed by atoms with Gasteiger partial charge in [0, 0.05) is 26.9 Å². The number of benzene rings is 2. The van der Waals surface area contributed by atoms with Gasteiger partial charge in [0.05, 0.1) is 17.2 Å². The summed E-state index contributed by atoms with van der Waals surface area (Å²) in [6, 6.07) is 11.6. The van der Waals surface area contributed by atoms with Crippen LogP contribution in [0.4, 0.5) is 11.4 Å². The van der Waals surface area contributed by atoms with Gasteiger partial charge in [-0.25, -0.2) is 0 Å². The van der Waals surface area contributed by atoms with Crippen LogP contribution in [-0.4, -0.2) is 21.2 Å². The number of fused-ring (bicyclic) bond motifs is 1. The number of nitrogens with zero attached hydrogens (tertiary/aromatic N) is 3. The number of halogens is 2. The number of aryl methyl sites for hydroxylation is 1. The average Bonchev–Trinajstić information content (AvgIpc) is 2.82. The van der Waals surface area contributed by atoms with Crippen LogP contribution >= 0.6 is 35.0 Å². The van der Waals surface area contributed by atoms with Crippen molar-refractivity contribution in [3.63, 3.8) is 0 Å². The number of aromatic nitrogens is 1. The third-order valence-electron chi connectivity index (χ3n) is 4.52. The maximum absolute atomic E-state index is 10.8. The number of aromatic hydroxyl groups is 1. The van der Waals surface area contributed by atoms with Crippen molar-refractivity contribution < 1.29 is 5.11 Å². The summed E-state index contributed by atoms with van der Waals surface area (Å²) in [4.78, 5) is 0. The maximum atomic E-state index is 10.8. The largest absolute Gasteiger partial charge is 0.493 e. The van der Waals surface area contributed by atoms with Gasteiger partial charge in [-0.05, 0) is 42.3 Å². The fourth-order valence-corrected chi connectivity index (χ4v) is 4.36. The molecule has 7 heteroatoms. The lowest BCUT2D eigenvalue weighted by Gasteiger charge is -2.27. The lowest BCUT2D eigenvalue weighted by Crippen LogP contribution is -2.22. The first kappa shape index (κ1) is 17.7. The highest BCUT2D eigenvalue weighted by atomic mass is 35.5. The molecule has 4 nitrogen and oxygen atoms in total. The third-order valence-corrected chi connectivity index (χ3v) is 6.20. The second kappa shape index (κ2) is 7.14. The van der Waals surface area contributed by atoms with E-state index in [1.165, 1.54) is 5.56 Å². The van der Waals surface area contributed by atoms with E-state index in [1.54, 1.807) is 18.2 Å². The first-order valence-electron chi connectivity index (χ1n) is 8.38. The van der Waals surface area contributed by atoms with Crippen LogP contribution in [-0.2, 0) is 6.42 Å². The quantitative estimate of drug-likeness (QED) is 0.478. The van der Waals surface area contributed by atoms with Crippen LogP contribution < -0.4 is 0 Å². The topological polar surface area (TPSA) is 49.9 Å². The highest BCUT2D eigenvalue weighted by Crippen LogP contribution is 2.45. The molecule has 0 unspecified atom stereocenters. The molecule has 134 valence electrons. The van der Waals surface area contributed by atoms with Crippen LogP contribution in [0.1, 0.15) is 18.5 Å². The molecule has 0 aliphatic carbocycles. The fourth-order valence-electron chi connectivity index (χ4n) is 3.10. The number of rotatable bonds is 4. The van der Waals surface area contributed by atoms with Gasteiger partial charge in [-0.1, -0.05) is 36.2 Å². The Hall–Kier alpha value is -1.69. The van der Waals surface area contributed by atoms with Crippen molar-refractivity contribution >= 4 is 57.2 Å². The van der Waals surface area contributed by atoms with Crippen LogP contribution in [0.25, 0.3) is 10.9 Å². The van der Waals surface area contributed by atoms with Gasteiger partial charge >= 0.3 is 0 Å². The Bertz CT molecular complexity index is 991. The van der Waals surface area contributed by atoms with E-state index in [0.717, 1.165) is 28.8 Å². The zero-order chi connectivity index (χ0) is 18.3. The van der Waals surface area contributed by atoms with Crippen molar-refractivity contribution in [2.24, 2.45) is 10.2 Å². The van der Waals surface area contributed by atoms with E-state index in [2.05, 4.69) is 35.4 Å². The molecular formula is C19H17Cl2N3OS. The minimum atomic E-state index is 0.162. The molecule has 0 amide bonds. The highest BCUT2D eigenvalue weighted by molar-refractivity contribution is 8.00. The van der Waals surface area contributed by atoms with Crippen LogP contribution in [0.15, 0.2) is 46.6 Å². The molecule has 1 N–H and O–H groups in total. The van der Waals surface area contributed by atoms with Gasteiger partial charge in [0.2, 0.25) is 5.88 Å². The monoisotopic (exact) mass is 405 g/mol. The molecule has 0 saturated carbocycles. The Morgan fingerprint density at radius 3 is 2.46 bits per heavy atom. The zero-order valence-corrected chi connectivity index (χ0v) is 16.4. The van der Waals surface area contributed by atoms with Crippen molar-refractivity contribution in [3.05, 3.63) is 52.0 Å². The Labute approximate surface area is 165 Å². The van der Waals surface area contributed by atoms with Crippen LogP contribution in [0, 0.1) is 0 Å². The summed E-state index contributed by atoms with van der Waals surface area (Å²) in [5.74, 6) is 2.15. The van der Waals surface area contributed by atoms with Gasteiger partial charge in [0.15, 0.2) is 5.69 Å². The van der Waals surface area contributed by atoms with E-state index in [4.69, 9.17) is 23.2 Å². The molecule has 0 bridgehead atoms. The number of hydrogen-bond donors (Lipinski definition) is 1. The molecule has 1 aliphatic rings. The standard InChI is InChI=1S/C19H17Cl2N3OS/c1-2-11-3-4-17-16(5-11)18(19(25)24(17)15-9-26-10-15)23-22-14-7-12(20)6-13(21)8-14/h3-8,15,25H,2,9-10H2,1H3. The molecule has 3 aromatic rings. The minimum Gasteiger partial charge on any atom is -0.493 e. The second-order valence-corrected chi connectivity index (χ2v) is 8.21. The zero-order valence-electron chi connectivity index (χ0n) is 14.1. The molecule has 2 heterocycles. The van der Waals surface area contributed by atoms with Gasteiger partial charge in [-0.15, -0.1) is 5.11 Å². The molecule has 1 aromatic heterocycles. The third kappa shape index (κ3) is 3.20. The summed E-state index contributed by atoms with van der Waals surface area (Å²) in [6.07, 6.45) is 0.918. The van der Waals surface area contributed by atoms with Crippen molar-refractivity contribution in [2.75, 3.05) is 11.5 Å². The summed E-state index contributed by atoms with van der Waals surface area (Å²) in [5.41, 5.74) is 3.22. The second-order valence-electron chi connectivity index (χ2n) is 6.27. The first-order valence-corrected chi connectivity index (χ1v) is 10.3. The van der Waals surface area contributed by atoms with E-state index >= 15 is 0 Å². The Morgan fingerprint density at radius 1 is 1.12 bits per heavy atom. The van der Waals surface area contributed by atoms with Gasteiger partial charge < -0.3 is 9.67 Å². The van der Waals surface area contributed by atoms with E-state index in [-0.39, 0.29) is 5.88 Å². The van der Waals surface area contributed by atoms with Crippen LogP contribution in [0.2, 0.25) is 10.0 Å². The van der Waals surface area contributed by atoms with Gasteiger partial charge in [-0.2, -0.15) is 16.9 Å². The molecule has 26 heavy (non-hydrogen) atoms. The summed E-state index contributed by atoms with van der Waals surface area (Å²) in [7, 11) is 0. The predicted octanol–water partition coefficient (Wildman–Crippen LogP) is 6.92. The van der Waals surface area contributed by atoms with Crippen molar-refractivity contribution in [1.29, 1.82) is 0 Å². The molecule has 0 radical (unpaired) electrons. The molecule has 1 aliphatic heterocycles. The van der Waals surface area contributed by atoms with Crippen molar-refractivity contribution in [2.45, 2.75) is 19.4 Å². The molecule has 0 spiro atoms. The number of azo groups is 1. The molecule has 2 aromatic carbocycles. The first-order chi connectivity index (χ1) is 12.6. The SMILES string of the molecule is CCc1ccc2c(c1)c(N=Nc1cc(Cl)cc(Cl)c1)c(O)n2C1CSC1. The van der Waals surface area contributed by atoms with Crippen LogP contribution in [0.3, 0.4) is 0 Å². The molecule has 1 fully saturated rings. The summed E-state index contributed by atoms with van der Waals surface area (Å²) >= 11 is 13.9. The summed E-state index contributed by atoms with van der Waals surface area (Å²) in [5, 5.41) is 21.4. The Kier molecular flexibility index (Phi) is 4.86. The van der Waals surface area contributed by atoms with Crippen molar-refractivity contribution in [1.82, 2.24) is 4.57 Å². The summed E-state index contributed by atoms with van der Waals surface area (Å²) < 4.78 is 1.98. The number of thioether (sulfide) groups is 1. The molecule has 0 atom stereocenters. The molecule has 1 saturated heterocycles. The Morgan fingerprint density at radius 2 is 1.85 bits per heavy atom. The lowest BCUT2D eigenvalue weighted by atomic mass is 10.1. The summed E-state index contributed by atoms with van der Waals surface area (Å²) in [6.45, 7) is 2.11. The normalized spacial score (nSPS) is 15.0. The maximum Gasteiger partial charge on any atom is 0.221 e. The van der Waals surface area contributed by atoms with Gasteiger partial charge in [0.1, 0.15) is 0 Å². The predicted molar refractivity (Wildman–Crippen MR) is 110 cm³/mol. The van der Waals surface area contributed by atoms with E-state index in [9.17, 15) is 5.11 Å². The smallest absolute Gasteiger partial charge is 0.221 e. The highest BCUT2D eigenvalue weighted by Gasteiger charge is 2.27. The fraction of sp³-hybridized carbons (Fsp3) is 0.263. The van der Waals surface area contributed by atoms with Gasteiger partial charge in [0.25, 0.3) is 0 Å². The van der Waals surface area contributed by atoms with Gasteiger partial charge in [-0.3, -0.25) is 0 Å².